The Kier molecular flexibility index (Phi) is 6.83. The number of unbranched alkanes of at least 4 members (excludes halogenated alkanes) is 1. The fourth-order valence-electron chi connectivity index (χ4n) is 3.67. The van der Waals surface area contributed by atoms with Crippen LogP contribution in [0.15, 0.2) is 36.7 Å². The Labute approximate surface area is 185 Å². The monoisotopic (exact) mass is 440 g/mol. The lowest BCUT2D eigenvalue weighted by Gasteiger charge is -2.26. The van der Waals surface area contributed by atoms with E-state index in [-0.39, 0.29) is 11.8 Å². The summed E-state index contributed by atoms with van der Waals surface area (Å²) in [6.45, 7) is 5.62. The molecular formula is C22H28N6O2S. The summed E-state index contributed by atoms with van der Waals surface area (Å²) in [4.78, 5) is 35.9. The van der Waals surface area contributed by atoms with E-state index in [0.717, 1.165) is 60.6 Å². The summed E-state index contributed by atoms with van der Waals surface area (Å²) in [5.41, 5.74) is 1.79. The number of hydrogen-bond donors (Lipinski definition) is 4. The zero-order chi connectivity index (χ0) is 21.6. The molecule has 1 unspecified atom stereocenters. The van der Waals surface area contributed by atoms with Crippen molar-refractivity contribution in [1.82, 2.24) is 25.9 Å². The van der Waals surface area contributed by atoms with Crippen molar-refractivity contribution in [1.29, 1.82) is 0 Å². The third-order valence-electron chi connectivity index (χ3n) is 5.38. The molecule has 1 atom stereocenters. The number of amides is 2. The van der Waals surface area contributed by atoms with Gasteiger partial charge in [0.2, 0.25) is 5.91 Å². The van der Waals surface area contributed by atoms with Gasteiger partial charge in [0.15, 0.2) is 5.13 Å². The van der Waals surface area contributed by atoms with Crippen LogP contribution in [0.25, 0.3) is 10.9 Å². The number of nitrogens with zero attached hydrogens (tertiary/aromatic N) is 2. The summed E-state index contributed by atoms with van der Waals surface area (Å²) in [6.07, 6.45) is 5.00. The minimum Gasteiger partial charge on any atom is -0.361 e. The van der Waals surface area contributed by atoms with E-state index < -0.39 is 6.17 Å². The molecule has 0 spiro atoms. The van der Waals surface area contributed by atoms with Gasteiger partial charge < -0.3 is 25.8 Å². The van der Waals surface area contributed by atoms with E-state index in [9.17, 15) is 9.59 Å². The van der Waals surface area contributed by atoms with Crippen molar-refractivity contribution in [3.8, 4) is 0 Å². The van der Waals surface area contributed by atoms with Gasteiger partial charge in [0.05, 0.1) is 6.20 Å². The molecule has 0 bridgehead atoms. The first kappa shape index (κ1) is 21.3. The second kappa shape index (κ2) is 9.93. The molecule has 31 heavy (non-hydrogen) atoms. The highest BCUT2D eigenvalue weighted by Crippen LogP contribution is 2.26. The van der Waals surface area contributed by atoms with Crippen LogP contribution in [-0.4, -0.2) is 48.0 Å². The quantitative estimate of drug-likeness (QED) is 0.404. The lowest BCUT2D eigenvalue weighted by molar-refractivity contribution is -0.122. The van der Waals surface area contributed by atoms with Crippen LogP contribution in [0.4, 0.5) is 5.13 Å². The smallest absolute Gasteiger partial charge is 0.264 e. The van der Waals surface area contributed by atoms with E-state index in [1.54, 1.807) is 6.20 Å². The maximum atomic E-state index is 13.0. The first-order valence-electron chi connectivity index (χ1n) is 10.7. The number of nitrogens with one attached hydrogen (secondary N) is 4. The minimum atomic E-state index is -0.627. The molecule has 1 saturated heterocycles. The number of benzene rings is 1. The van der Waals surface area contributed by atoms with Crippen molar-refractivity contribution in [2.75, 3.05) is 31.1 Å². The van der Waals surface area contributed by atoms with Gasteiger partial charge in [0.1, 0.15) is 11.0 Å². The summed E-state index contributed by atoms with van der Waals surface area (Å²) in [7, 11) is 0. The van der Waals surface area contributed by atoms with Crippen LogP contribution in [-0.2, 0) is 4.79 Å². The lowest BCUT2D eigenvalue weighted by Crippen LogP contribution is -2.43. The summed E-state index contributed by atoms with van der Waals surface area (Å²) >= 11 is 1.38. The SMILES string of the molecule is CCCCC(=O)NC(NC(=O)c1cnc(N2CCNCC2)s1)c1c[nH]c2ccccc12. The topological polar surface area (TPSA) is 102 Å². The number of aromatic nitrogens is 2. The molecule has 0 saturated carbocycles. The average Bonchev–Trinajstić information content (AvgIpc) is 3.45. The number of piperazine rings is 1. The summed E-state index contributed by atoms with van der Waals surface area (Å²) < 4.78 is 0. The van der Waals surface area contributed by atoms with Crippen molar-refractivity contribution < 1.29 is 9.59 Å². The van der Waals surface area contributed by atoms with E-state index in [1.807, 2.05) is 37.4 Å². The fourth-order valence-corrected chi connectivity index (χ4v) is 4.54. The van der Waals surface area contributed by atoms with E-state index >= 15 is 0 Å². The number of carbonyl (C=O) groups excluding carboxylic acids is 2. The summed E-state index contributed by atoms with van der Waals surface area (Å²) in [5.74, 6) is -0.326. The van der Waals surface area contributed by atoms with Crippen LogP contribution < -0.4 is 20.9 Å². The van der Waals surface area contributed by atoms with Gasteiger partial charge in [-0.05, 0) is 12.5 Å². The third-order valence-corrected chi connectivity index (χ3v) is 6.43. The van der Waals surface area contributed by atoms with Gasteiger partial charge in [-0.15, -0.1) is 0 Å². The van der Waals surface area contributed by atoms with E-state index in [2.05, 4.69) is 30.8 Å². The zero-order valence-corrected chi connectivity index (χ0v) is 18.4. The Morgan fingerprint density at radius 2 is 2.03 bits per heavy atom. The molecule has 4 rings (SSSR count). The molecule has 4 N–H and O–H groups in total. The normalized spacial score (nSPS) is 15.1. The van der Waals surface area contributed by atoms with Crippen LogP contribution in [0.1, 0.15) is 47.6 Å². The van der Waals surface area contributed by atoms with Gasteiger partial charge in [-0.3, -0.25) is 9.59 Å². The number of thiazole rings is 1. The van der Waals surface area contributed by atoms with Crippen molar-refractivity contribution >= 4 is 39.2 Å². The second-order valence-corrected chi connectivity index (χ2v) is 8.62. The first-order chi connectivity index (χ1) is 15.2. The standard InChI is InChI=1S/C22H28N6O2S/c1-2-3-8-19(29)26-20(16-13-24-17-7-5-4-6-15(16)17)27-21(30)18-14-25-22(31-18)28-11-9-23-10-12-28/h4-7,13-14,20,23-24H,2-3,8-12H2,1H3,(H,26,29)(H,27,30). The van der Waals surface area contributed by atoms with Crippen LogP contribution in [0.2, 0.25) is 0 Å². The number of anilines is 1. The molecule has 9 heteroatoms. The van der Waals surface area contributed by atoms with Crippen molar-refractivity contribution in [2.24, 2.45) is 0 Å². The molecule has 8 nitrogen and oxygen atoms in total. The van der Waals surface area contributed by atoms with Crippen LogP contribution in [0.3, 0.4) is 0 Å². The Bertz CT molecular complexity index is 1040. The number of carbonyl (C=O) groups is 2. The second-order valence-electron chi connectivity index (χ2n) is 7.61. The minimum absolute atomic E-state index is 0.0803. The molecule has 1 fully saturated rings. The fraction of sp³-hybridized carbons (Fsp3) is 0.409. The highest BCUT2D eigenvalue weighted by Gasteiger charge is 2.23. The average molecular weight is 441 g/mol. The Morgan fingerprint density at radius 3 is 2.84 bits per heavy atom. The lowest BCUT2D eigenvalue weighted by atomic mass is 10.1. The molecule has 3 aromatic rings. The van der Waals surface area contributed by atoms with Gasteiger partial charge in [-0.1, -0.05) is 42.9 Å². The predicted octanol–water partition coefficient (Wildman–Crippen LogP) is 2.77. The molecule has 1 aliphatic heterocycles. The molecule has 164 valence electrons. The maximum absolute atomic E-state index is 13.0. The molecular weight excluding hydrogens is 412 g/mol. The highest BCUT2D eigenvalue weighted by atomic mass is 32.1. The number of hydrogen-bond acceptors (Lipinski definition) is 6. The molecule has 1 aliphatic rings. The Hall–Kier alpha value is -2.91. The maximum Gasteiger partial charge on any atom is 0.264 e. The zero-order valence-electron chi connectivity index (χ0n) is 17.6. The molecule has 3 heterocycles. The summed E-state index contributed by atoms with van der Waals surface area (Å²) in [6, 6.07) is 7.85. The van der Waals surface area contributed by atoms with Crippen LogP contribution in [0.5, 0.6) is 0 Å². The number of rotatable bonds is 8. The third kappa shape index (κ3) is 5.05. The van der Waals surface area contributed by atoms with Gasteiger partial charge in [0.25, 0.3) is 5.91 Å². The van der Waals surface area contributed by atoms with Gasteiger partial charge >= 0.3 is 0 Å². The van der Waals surface area contributed by atoms with E-state index in [0.29, 0.717) is 11.3 Å². The number of H-pyrrole nitrogens is 1. The highest BCUT2D eigenvalue weighted by molar-refractivity contribution is 7.17. The number of aromatic amines is 1. The molecule has 1 aromatic carbocycles. The number of para-hydroxylation sites is 1. The predicted molar refractivity (Wildman–Crippen MR) is 123 cm³/mol. The van der Waals surface area contributed by atoms with Crippen LogP contribution >= 0.6 is 11.3 Å². The van der Waals surface area contributed by atoms with E-state index in [1.165, 1.54) is 11.3 Å². The summed E-state index contributed by atoms with van der Waals surface area (Å²) in [5, 5.41) is 11.1. The largest absolute Gasteiger partial charge is 0.361 e. The van der Waals surface area contributed by atoms with Crippen LogP contribution in [0, 0.1) is 0 Å². The van der Waals surface area contributed by atoms with Gasteiger partial charge in [0, 0.05) is 55.3 Å². The Morgan fingerprint density at radius 1 is 1.23 bits per heavy atom. The molecule has 2 aromatic heterocycles. The van der Waals surface area contributed by atoms with Gasteiger partial charge in [-0.25, -0.2) is 4.98 Å². The Balaban J connectivity index is 1.53. The van der Waals surface area contributed by atoms with Crippen molar-refractivity contribution in [3.63, 3.8) is 0 Å². The molecule has 0 radical (unpaired) electrons. The number of fused-ring (bicyclic) bond motifs is 1. The molecule has 0 aliphatic carbocycles. The van der Waals surface area contributed by atoms with Crippen molar-refractivity contribution in [2.45, 2.75) is 32.4 Å². The van der Waals surface area contributed by atoms with Crippen molar-refractivity contribution in [3.05, 3.63) is 47.1 Å². The van der Waals surface area contributed by atoms with E-state index in [4.69, 9.17) is 0 Å². The first-order valence-corrected chi connectivity index (χ1v) is 11.5. The van der Waals surface area contributed by atoms with Gasteiger partial charge in [-0.2, -0.15) is 0 Å². The molecule has 2 amide bonds.